The number of hydrogen-bond donors (Lipinski definition) is 3. The first-order valence-electron chi connectivity index (χ1n) is 6.02. The van der Waals surface area contributed by atoms with Crippen molar-refractivity contribution in [1.29, 1.82) is 5.26 Å². The Labute approximate surface area is 116 Å². The molecule has 0 aliphatic carbocycles. The van der Waals surface area contributed by atoms with Crippen LogP contribution in [0.4, 0.5) is 14.9 Å². The van der Waals surface area contributed by atoms with Crippen LogP contribution < -0.4 is 16.0 Å². The third-order valence-electron chi connectivity index (χ3n) is 2.44. The van der Waals surface area contributed by atoms with Crippen LogP contribution in [-0.2, 0) is 4.79 Å². The van der Waals surface area contributed by atoms with E-state index in [1.165, 1.54) is 19.1 Å². The zero-order chi connectivity index (χ0) is 15.1. The van der Waals surface area contributed by atoms with Crippen molar-refractivity contribution in [1.82, 2.24) is 10.6 Å². The highest BCUT2D eigenvalue weighted by molar-refractivity contribution is 5.98. The molecule has 7 heteroatoms. The zero-order valence-corrected chi connectivity index (χ0v) is 11.2. The number of nitriles is 1. The van der Waals surface area contributed by atoms with Gasteiger partial charge in [0.05, 0.1) is 11.3 Å². The molecule has 20 heavy (non-hydrogen) atoms. The highest BCUT2D eigenvalue weighted by Gasteiger charge is 2.16. The van der Waals surface area contributed by atoms with Gasteiger partial charge in [0.2, 0.25) is 5.91 Å². The number of urea groups is 1. The Morgan fingerprint density at radius 1 is 1.45 bits per heavy atom. The normalized spacial score (nSPS) is 11.1. The minimum absolute atomic E-state index is 0.0858. The number of hydrogen-bond acceptors (Lipinski definition) is 4. The van der Waals surface area contributed by atoms with Gasteiger partial charge in [0.25, 0.3) is 0 Å². The van der Waals surface area contributed by atoms with Crippen LogP contribution in [0.25, 0.3) is 0 Å². The molecule has 6 nitrogen and oxygen atoms in total. The topological polar surface area (TPSA) is 94.0 Å². The van der Waals surface area contributed by atoms with E-state index in [0.717, 1.165) is 6.07 Å². The number of benzene rings is 1. The second kappa shape index (κ2) is 7.09. The smallest absolute Gasteiger partial charge is 0.321 e. The van der Waals surface area contributed by atoms with Crippen molar-refractivity contribution in [2.45, 2.75) is 19.9 Å². The lowest BCUT2D eigenvalue weighted by Gasteiger charge is -2.15. The molecular formula is C13H15FN4O2. The molecule has 0 bridgehead atoms. The van der Waals surface area contributed by atoms with Gasteiger partial charge in [0.15, 0.2) is 0 Å². The van der Waals surface area contributed by atoms with Crippen LogP contribution in [0.5, 0.6) is 0 Å². The van der Waals surface area contributed by atoms with Crippen LogP contribution in [-0.4, -0.2) is 24.5 Å². The third kappa shape index (κ3) is 4.24. The lowest BCUT2D eigenvalue weighted by molar-refractivity contribution is -0.120. The van der Waals surface area contributed by atoms with E-state index >= 15 is 0 Å². The largest absolute Gasteiger partial charge is 0.373 e. The number of halogens is 1. The number of nitrogens with one attached hydrogen (secondary N) is 3. The quantitative estimate of drug-likeness (QED) is 0.774. The van der Waals surface area contributed by atoms with E-state index in [-0.39, 0.29) is 5.56 Å². The highest BCUT2D eigenvalue weighted by Crippen LogP contribution is 2.16. The molecule has 0 aliphatic heterocycles. The second-order valence-corrected chi connectivity index (χ2v) is 4.02. The molecule has 106 valence electrons. The molecule has 0 spiro atoms. The van der Waals surface area contributed by atoms with E-state index in [0.29, 0.717) is 12.2 Å². The summed E-state index contributed by atoms with van der Waals surface area (Å²) >= 11 is 0. The third-order valence-corrected chi connectivity index (χ3v) is 2.44. The SMILES string of the molecule is CCNC(=O)NC(=O)C(C)Nc1ccc(F)cc1C#N. The van der Waals surface area contributed by atoms with Gasteiger partial charge in [0, 0.05) is 6.54 Å². The predicted molar refractivity (Wildman–Crippen MR) is 71.4 cm³/mol. The molecule has 0 radical (unpaired) electrons. The average molecular weight is 278 g/mol. The zero-order valence-electron chi connectivity index (χ0n) is 11.2. The predicted octanol–water partition coefficient (Wildman–Crippen LogP) is 1.34. The maximum absolute atomic E-state index is 13.0. The first-order chi connectivity index (χ1) is 9.47. The van der Waals surface area contributed by atoms with Crippen LogP contribution in [0, 0.1) is 17.1 Å². The van der Waals surface area contributed by atoms with Gasteiger partial charge in [-0.1, -0.05) is 0 Å². The van der Waals surface area contributed by atoms with E-state index in [1.54, 1.807) is 6.92 Å². The standard InChI is InChI=1S/C13H15FN4O2/c1-3-16-13(20)18-12(19)8(2)17-11-5-4-10(14)6-9(11)7-15/h4-6,8,17H,3H2,1-2H3,(H2,16,18,19,20). The van der Waals surface area contributed by atoms with Crippen molar-refractivity contribution in [3.8, 4) is 6.07 Å². The molecule has 3 amide bonds. The van der Waals surface area contributed by atoms with Gasteiger partial charge in [-0.3, -0.25) is 10.1 Å². The first-order valence-corrected chi connectivity index (χ1v) is 6.02. The van der Waals surface area contributed by atoms with E-state index in [4.69, 9.17) is 5.26 Å². The van der Waals surface area contributed by atoms with Gasteiger partial charge < -0.3 is 10.6 Å². The molecule has 1 aromatic carbocycles. The number of nitrogens with zero attached hydrogens (tertiary/aromatic N) is 1. The molecule has 0 aromatic heterocycles. The van der Waals surface area contributed by atoms with Crippen LogP contribution in [0.15, 0.2) is 18.2 Å². The fraction of sp³-hybridized carbons (Fsp3) is 0.308. The molecule has 1 atom stereocenters. The minimum atomic E-state index is -0.754. The Hall–Kier alpha value is -2.62. The number of amides is 3. The molecular weight excluding hydrogens is 263 g/mol. The Morgan fingerprint density at radius 2 is 2.15 bits per heavy atom. The molecule has 0 heterocycles. The number of rotatable bonds is 4. The molecule has 1 aromatic rings. The highest BCUT2D eigenvalue weighted by atomic mass is 19.1. The Kier molecular flexibility index (Phi) is 5.47. The van der Waals surface area contributed by atoms with Crippen LogP contribution in [0.2, 0.25) is 0 Å². The number of anilines is 1. The molecule has 0 saturated carbocycles. The average Bonchev–Trinajstić information content (AvgIpc) is 2.40. The maximum Gasteiger partial charge on any atom is 0.321 e. The number of imide groups is 1. The van der Waals surface area contributed by atoms with Crippen LogP contribution in [0.3, 0.4) is 0 Å². The van der Waals surface area contributed by atoms with Gasteiger partial charge >= 0.3 is 6.03 Å². The fourth-order valence-corrected chi connectivity index (χ4v) is 1.46. The van der Waals surface area contributed by atoms with Gasteiger partial charge in [-0.05, 0) is 32.0 Å². The lowest BCUT2D eigenvalue weighted by Crippen LogP contribution is -2.45. The van der Waals surface area contributed by atoms with E-state index in [1.807, 2.05) is 6.07 Å². The van der Waals surface area contributed by atoms with Crippen molar-refractivity contribution >= 4 is 17.6 Å². The van der Waals surface area contributed by atoms with Crippen molar-refractivity contribution in [3.63, 3.8) is 0 Å². The summed E-state index contributed by atoms with van der Waals surface area (Å²) < 4.78 is 13.0. The fourth-order valence-electron chi connectivity index (χ4n) is 1.46. The second-order valence-electron chi connectivity index (χ2n) is 4.02. The molecule has 1 rings (SSSR count). The Bertz CT molecular complexity index is 554. The monoisotopic (exact) mass is 278 g/mol. The van der Waals surface area contributed by atoms with E-state index in [2.05, 4.69) is 16.0 Å². The summed E-state index contributed by atoms with van der Waals surface area (Å²) in [6, 6.07) is 4.09. The van der Waals surface area contributed by atoms with E-state index in [9.17, 15) is 14.0 Å². The van der Waals surface area contributed by atoms with Crippen LogP contribution in [0.1, 0.15) is 19.4 Å². The van der Waals surface area contributed by atoms with E-state index < -0.39 is 23.8 Å². The molecule has 0 fully saturated rings. The Morgan fingerprint density at radius 3 is 2.75 bits per heavy atom. The summed E-state index contributed by atoms with van der Waals surface area (Å²) in [5.41, 5.74) is 0.412. The molecule has 1 unspecified atom stereocenters. The minimum Gasteiger partial charge on any atom is -0.373 e. The summed E-state index contributed by atoms with van der Waals surface area (Å²) in [6.45, 7) is 3.65. The number of carbonyl (C=O) groups is 2. The van der Waals surface area contributed by atoms with Crippen molar-refractivity contribution < 1.29 is 14.0 Å². The summed E-state index contributed by atoms with van der Waals surface area (Å²) in [5.74, 6) is -1.09. The number of carbonyl (C=O) groups excluding carboxylic acids is 2. The maximum atomic E-state index is 13.0. The summed E-state index contributed by atoms with van der Waals surface area (Å²) in [7, 11) is 0. The van der Waals surface area contributed by atoms with Crippen molar-refractivity contribution in [3.05, 3.63) is 29.6 Å². The lowest BCUT2D eigenvalue weighted by atomic mass is 10.1. The summed E-state index contributed by atoms with van der Waals surface area (Å²) in [4.78, 5) is 22.9. The summed E-state index contributed by atoms with van der Waals surface area (Å²) in [5, 5.41) is 16.2. The van der Waals surface area contributed by atoms with Gasteiger partial charge in [0.1, 0.15) is 17.9 Å². The molecule has 3 N–H and O–H groups in total. The molecule has 0 aliphatic rings. The Balaban J connectivity index is 2.71. The van der Waals surface area contributed by atoms with Gasteiger partial charge in [-0.15, -0.1) is 0 Å². The molecule has 0 saturated heterocycles. The summed E-state index contributed by atoms with van der Waals surface area (Å²) in [6.07, 6.45) is 0. The van der Waals surface area contributed by atoms with Crippen LogP contribution >= 0.6 is 0 Å². The van der Waals surface area contributed by atoms with Crippen molar-refractivity contribution in [2.24, 2.45) is 0 Å². The van der Waals surface area contributed by atoms with Crippen molar-refractivity contribution in [2.75, 3.05) is 11.9 Å². The first kappa shape index (κ1) is 15.4. The van der Waals surface area contributed by atoms with Gasteiger partial charge in [-0.25, -0.2) is 9.18 Å². The van der Waals surface area contributed by atoms with Gasteiger partial charge in [-0.2, -0.15) is 5.26 Å².